The number of amides is 1. The van der Waals surface area contributed by atoms with Crippen LogP contribution in [-0.2, 0) is 11.3 Å². The predicted octanol–water partition coefficient (Wildman–Crippen LogP) is 0.953. The van der Waals surface area contributed by atoms with E-state index in [1.165, 1.54) is 4.90 Å². The molecule has 2 rings (SSSR count). The smallest absolute Gasteiger partial charge is 0.339 e. The molecule has 2 heterocycles. The van der Waals surface area contributed by atoms with Crippen LogP contribution in [0.3, 0.4) is 0 Å². The zero-order valence-corrected chi connectivity index (χ0v) is 11.0. The van der Waals surface area contributed by atoms with Crippen LogP contribution >= 0.6 is 0 Å². The van der Waals surface area contributed by atoms with Gasteiger partial charge in [-0.25, -0.2) is 4.79 Å². The Hall–Kier alpha value is -2.29. The average molecular weight is 261 g/mol. The van der Waals surface area contributed by atoms with Crippen LogP contribution in [0, 0.1) is 18.3 Å². The standard InChI is InChI=1S/C13H15N3O3/c1-3-19-13(18)10-8-11-12(17)15(5-4-14)6-7-16(11)9(10)2/h8H,3,5-7H2,1-2H3. The van der Waals surface area contributed by atoms with Gasteiger partial charge < -0.3 is 14.2 Å². The van der Waals surface area contributed by atoms with Gasteiger partial charge in [0.05, 0.1) is 18.2 Å². The molecule has 0 saturated heterocycles. The Morgan fingerprint density at radius 3 is 2.89 bits per heavy atom. The van der Waals surface area contributed by atoms with E-state index in [4.69, 9.17) is 10.00 Å². The summed E-state index contributed by atoms with van der Waals surface area (Å²) in [6.45, 7) is 4.97. The summed E-state index contributed by atoms with van der Waals surface area (Å²) in [7, 11) is 0. The summed E-state index contributed by atoms with van der Waals surface area (Å²) in [5.41, 5.74) is 1.60. The molecule has 0 spiro atoms. The van der Waals surface area contributed by atoms with Crippen LogP contribution in [0.5, 0.6) is 0 Å². The van der Waals surface area contributed by atoms with Crippen molar-refractivity contribution in [3.8, 4) is 6.07 Å². The second-order valence-corrected chi connectivity index (χ2v) is 4.29. The van der Waals surface area contributed by atoms with E-state index in [0.29, 0.717) is 31.0 Å². The van der Waals surface area contributed by atoms with Crippen molar-refractivity contribution < 1.29 is 14.3 Å². The quantitative estimate of drug-likeness (QED) is 0.599. The number of hydrogen-bond acceptors (Lipinski definition) is 4. The first kappa shape index (κ1) is 13.1. The molecule has 0 bridgehead atoms. The van der Waals surface area contributed by atoms with Gasteiger partial charge in [0.2, 0.25) is 0 Å². The van der Waals surface area contributed by atoms with Gasteiger partial charge in [-0.2, -0.15) is 5.26 Å². The maximum absolute atomic E-state index is 12.2. The largest absolute Gasteiger partial charge is 0.462 e. The zero-order valence-electron chi connectivity index (χ0n) is 11.0. The van der Waals surface area contributed by atoms with Crippen LogP contribution in [0.1, 0.15) is 33.5 Å². The molecule has 1 aromatic heterocycles. The Morgan fingerprint density at radius 2 is 2.26 bits per heavy atom. The van der Waals surface area contributed by atoms with Crippen LogP contribution < -0.4 is 0 Å². The molecule has 0 fully saturated rings. The first-order chi connectivity index (χ1) is 9.10. The van der Waals surface area contributed by atoms with Crippen molar-refractivity contribution in [1.29, 1.82) is 5.26 Å². The lowest BCUT2D eigenvalue weighted by molar-refractivity contribution is 0.0525. The van der Waals surface area contributed by atoms with Gasteiger partial charge in [0.25, 0.3) is 5.91 Å². The third-order valence-corrected chi connectivity index (χ3v) is 3.22. The van der Waals surface area contributed by atoms with Gasteiger partial charge in [0, 0.05) is 18.8 Å². The molecule has 0 unspecified atom stereocenters. The Bertz CT molecular complexity index is 568. The van der Waals surface area contributed by atoms with E-state index in [9.17, 15) is 9.59 Å². The Morgan fingerprint density at radius 1 is 1.53 bits per heavy atom. The lowest BCUT2D eigenvalue weighted by Gasteiger charge is -2.26. The molecule has 1 amide bonds. The summed E-state index contributed by atoms with van der Waals surface area (Å²) < 4.78 is 6.77. The Balaban J connectivity index is 2.36. The second-order valence-electron chi connectivity index (χ2n) is 4.29. The average Bonchev–Trinajstić information content (AvgIpc) is 2.72. The summed E-state index contributed by atoms with van der Waals surface area (Å²) in [5, 5.41) is 8.68. The van der Waals surface area contributed by atoms with Crippen molar-refractivity contribution in [3.63, 3.8) is 0 Å². The van der Waals surface area contributed by atoms with Crippen LogP contribution in [-0.4, -0.2) is 41.0 Å². The third kappa shape index (κ3) is 2.19. The number of nitrogens with zero attached hydrogens (tertiary/aromatic N) is 3. The van der Waals surface area contributed by atoms with Crippen LogP contribution in [0.2, 0.25) is 0 Å². The minimum atomic E-state index is -0.415. The fraction of sp³-hybridized carbons (Fsp3) is 0.462. The number of nitriles is 1. The molecule has 0 radical (unpaired) electrons. The molecule has 100 valence electrons. The van der Waals surface area contributed by atoms with Crippen LogP contribution in [0.25, 0.3) is 0 Å². The molecule has 0 N–H and O–H groups in total. The van der Waals surface area contributed by atoms with E-state index in [1.807, 2.05) is 10.6 Å². The van der Waals surface area contributed by atoms with Crippen molar-refractivity contribution in [3.05, 3.63) is 23.0 Å². The third-order valence-electron chi connectivity index (χ3n) is 3.22. The fourth-order valence-electron chi connectivity index (χ4n) is 2.25. The maximum Gasteiger partial charge on any atom is 0.339 e. The summed E-state index contributed by atoms with van der Waals surface area (Å²) in [6.07, 6.45) is 0. The Kier molecular flexibility index (Phi) is 3.56. The topological polar surface area (TPSA) is 75.3 Å². The number of carbonyl (C=O) groups excluding carboxylic acids is 2. The number of hydrogen-bond donors (Lipinski definition) is 0. The van der Waals surface area contributed by atoms with E-state index in [1.54, 1.807) is 19.9 Å². The molecular weight excluding hydrogens is 246 g/mol. The number of fused-ring (bicyclic) bond motifs is 1. The summed E-state index contributed by atoms with van der Waals surface area (Å²) in [5.74, 6) is -0.631. The highest BCUT2D eigenvalue weighted by Gasteiger charge is 2.29. The van der Waals surface area contributed by atoms with Crippen molar-refractivity contribution in [2.45, 2.75) is 20.4 Å². The van der Waals surface area contributed by atoms with Gasteiger partial charge in [-0.1, -0.05) is 0 Å². The van der Waals surface area contributed by atoms with E-state index in [0.717, 1.165) is 5.69 Å². The predicted molar refractivity (Wildman–Crippen MR) is 66.6 cm³/mol. The molecule has 1 aliphatic rings. The molecule has 19 heavy (non-hydrogen) atoms. The van der Waals surface area contributed by atoms with E-state index in [-0.39, 0.29) is 12.5 Å². The fourth-order valence-corrected chi connectivity index (χ4v) is 2.25. The van der Waals surface area contributed by atoms with Crippen molar-refractivity contribution >= 4 is 11.9 Å². The van der Waals surface area contributed by atoms with Gasteiger partial charge in [0.1, 0.15) is 12.2 Å². The molecular formula is C13H15N3O3. The summed E-state index contributed by atoms with van der Waals surface area (Å²) >= 11 is 0. The van der Waals surface area contributed by atoms with Gasteiger partial charge in [0.15, 0.2) is 0 Å². The number of aromatic nitrogens is 1. The van der Waals surface area contributed by atoms with Crippen LogP contribution in [0.4, 0.5) is 0 Å². The number of carbonyl (C=O) groups is 2. The monoisotopic (exact) mass is 261 g/mol. The second kappa shape index (κ2) is 5.14. The SMILES string of the molecule is CCOC(=O)c1cc2n(c1C)CCN(CC#N)C2=O. The van der Waals surface area contributed by atoms with Crippen molar-refractivity contribution in [2.75, 3.05) is 19.7 Å². The minimum Gasteiger partial charge on any atom is -0.462 e. The first-order valence-corrected chi connectivity index (χ1v) is 6.13. The molecule has 0 atom stereocenters. The van der Waals surface area contributed by atoms with Crippen molar-refractivity contribution in [1.82, 2.24) is 9.47 Å². The Labute approximate surface area is 111 Å². The highest BCUT2D eigenvalue weighted by Crippen LogP contribution is 2.21. The van der Waals surface area contributed by atoms with Crippen LogP contribution in [0.15, 0.2) is 6.07 Å². The highest BCUT2D eigenvalue weighted by molar-refractivity contribution is 5.99. The molecule has 0 aliphatic carbocycles. The molecule has 1 aliphatic heterocycles. The summed E-state index contributed by atoms with van der Waals surface area (Å²) in [6, 6.07) is 3.52. The van der Waals surface area contributed by atoms with E-state index in [2.05, 4.69) is 0 Å². The highest BCUT2D eigenvalue weighted by atomic mass is 16.5. The molecule has 0 aromatic carbocycles. The first-order valence-electron chi connectivity index (χ1n) is 6.13. The van der Waals surface area contributed by atoms with Gasteiger partial charge in [-0.05, 0) is 19.9 Å². The normalized spacial score (nSPS) is 13.9. The van der Waals surface area contributed by atoms with Gasteiger partial charge in [-0.15, -0.1) is 0 Å². The molecule has 6 heteroatoms. The molecule has 1 aromatic rings. The van der Waals surface area contributed by atoms with E-state index < -0.39 is 5.97 Å². The molecule has 0 saturated carbocycles. The number of ether oxygens (including phenoxy) is 1. The lowest BCUT2D eigenvalue weighted by Crippen LogP contribution is -2.40. The minimum absolute atomic E-state index is 0.0673. The molecule has 6 nitrogen and oxygen atoms in total. The summed E-state index contributed by atoms with van der Waals surface area (Å²) in [4.78, 5) is 25.4. The number of esters is 1. The lowest BCUT2D eigenvalue weighted by atomic mass is 10.2. The number of rotatable bonds is 3. The zero-order chi connectivity index (χ0) is 14.0. The maximum atomic E-state index is 12.2. The van der Waals surface area contributed by atoms with Gasteiger partial charge >= 0.3 is 5.97 Å². The van der Waals surface area contributed by atoms with Crippen molar-refractivity contribution in [2.24, 2.45) is 0 Å². The van der Waals surface area contributed by atoms with Gasteiger partial charge in [-0.3, -0.25) is 4.79 Å². The van der Waals surface area contributed by atoms with E-state index >= 15 is 0 Å².